The van der Waals surface area contributed by atoms with E-state index in [0.717, 1.165) is 27.4 Å². The fourth-order valence-corrected chi connectivity index (χ4v) is 4.46. The van der Waals surface area contributed by atoms with E-state index in [-0.39, 0.29) is 11.6 Å². The minimum Gasteiger partial charge on any atom is -0.326 e. The summed E-state index contributed by atoms with van der Waals surface area (Å²) in [4.78, 5) is 42.4. The van der Waals surface area contributed by atoms with Crippen molar-refractivity contribution < 1.29 is 9.59 Å². The summed E-state index contributed by atoms with van der Waals surface area (Å²) in [5, 5.41) is 13.0. The number of amides is 2. The van der Waals surface area contributed by atoms with Crippen LogP contribution in [0.5, 0.6) is 0 Å². The number of benzene rings is 2. The summed E-state index contributed by atoms with van der Waals surface area (Å²) in [5.41, 5.74) is 3.46. The molecule has 0 bridgehead atoms. The molecule has 4 aromatic rings. The van der Waals surface area contributed by atoms with E-state index in [9.17, 15) is 14.4 Å². The monoisotopic (exact) mass is 431 g/mol. The molecule has 0 unspecified atom stereocenters. The molecule has 8 nitrogen and oxygen atoms in total. The Labute approximate surface area is 180 Å². The quantitative estimate of drug-likeness (QED) is 0.459. The first-order valence-electron chi connectivity index (χ1n) is 9.69. The molecule has 154 valence electrons. The van der Waals surface area contributed by atoms with E-state index in [2.05, 4.69) is 25.8 Å². The number of aromatic amines is 1. The number of para-hydroxylation sites is 1. The van der Waals surface area contributed by atoms with Gasteiger partial charge in [0.1, 0.15) is 0 Å². The predicted molar refractivity (Wildman–Crippen MR) is 120 cm³/mol. The lowest BCUT2D eigenvalue weighted by atomic mass is 9.99. The van der Waals surface area contributed by atoms with Crippen LogP contribution in [0.1, 0.15) is 27.3 Å². The van der Waals surface area contributed by atoms with Gasteiger partial charge in [0.25, 0.3) is 5.91 Å². The zero-order valence-electron chi connectivity index (χ0n) is 16.5. The number of anilines is 2. The highest BCUT2D eigenvalue weighted by atomic mass is 32.1. The molecule has 5 rings (SSSR count). The Bertz CT molecular complexity index is 1420. The second-order valence-corrected chi connectivity index (χ2v) is 8.45. The number of fused-ring (bicyclic) bond motifs is 2. The van der Waals surface area contributed by atoms with Crippen LogP contribution in [0.4, 0.5) is 10.8 Å². The fraction of sp³-hybridized carbons (Fsp3) is 0.136. The van der Waals surface area contributed by atoms with E-state index >= 15 is 0 Å². The molecule has 0 saturated heterocycles. The number of aryl methyl sites for hydroxylation is 2. The van der Waals surface area contributed by atoms with Gasteiger partial charge in [-0.3, -0.25) is 24.8 Å². The van der Waals surface area contributed by atoms with Crippen LogP contribution >= 0.6 is 11.3 Å². The van der Waals surface area contributed by atoms with Gasteiger partial charge < -0.3 is 5.32 Å². The van der Waals surface area contributed by atoms with Crippen molar-refractivity contribution in [3.05, 3.63) is 68.8 Å². The number of carbonyl (C=O) groups excluding carboxylic acids is 2. The van der Waals surface area contributed by atoms with Crippen LogP contribution in [0.2, 0.25) is 0 Å². The maximum atomic E-state index is 12.7. The molecule has 1 aliphatic rings. The van der Waals surface area contributed by atoms with Crippen LogP contribution in [-0.4, -0.2) is 27.0 Å². The molecule has 3 heterocycles. The Morgan fingerprint density at radius 3 is 2.84 bits per heavy atom. The zero-order valence-corrected chi connectivity index (χ0v) is 17.3. The third kappa shape index (κ3) is 3.49. The van der Waals surface area contributed by atoms with Gasteiger partial charge in [0.05, 0.1) is 11.2 Å². The zero-order chi connectivity index (χ0) is 21.5. The number of nitrogens with zero attached hydrogens (tertiary/aromatic N) is 2. The van der Waals surface area contributed by atoms with Crippen molar-refractivity contribution in [2.75, 3.05) is 10.6 Å². The van der Waals surface area contributed by atoms with Gasteiger partial charge in [0.15, 0.2) is 10.8 Å². The molecule has 0 atom stereocenters. The largest absolute Gasteiger partial charge is 0.326 e. The van der Waals surface area contributed by atoms with Gasteiger partial charge in [-0.2, -0.15) is 5.10 Å². The number of H-pyrrole nitrogens is 1. The van der Waals surface area contributed by atoms with Crippen LogP contribution in [-0.2, 0) is 11.2 Å². The van der Waals surface area contributed by atoms with Crippen molar-refractivity contribution in [1.29, 1.82) is 0 Å². The number of carbonyl (C=O) groups is 2. The smallest absolute Gasteiger partial charge is 0.281 e. The lowest BCUT2D eigenvalue weighted by Gasteiger charge is -2.17. The van der Waals surface area contributed by atoms with E-state index in [1.165, 1.54) is 11.3 Å². The third-order valence-electron chi connectivity index (χ3n) is 5.18. The summed E-state index contributed by atoms with van der Waals surface area (Å²) in [7, 11) is 0. The average molecular weight is 431 g/mol. The topological polar surface area (TPSA) is 117 Å². The summed E-state index contributed by atoms with van der Waals surface area (Å²) in [6.45, 7) is 1.92. The molecular formula is C22H17N5O3S. The Kier molecular flexibility index (Phi) is 4.59. The van der Waals surface area contributed by atoms with Crippen molar-refractivity contribution >= 4 is 44.9 Å². The molecule has 0 saturated carbocycles. The molecule has 0 radical (unpaired) electrons. The normalized spacial score (nSPS) is 13.0. The molecule has 2 aromatic carbocycles. The van der Waals surface area contributed by atoms with Gasteiger partial charge >= 0.3 is 0 Å². The van der Waals surface area contributed by atoms with Crippen molar-refractivity contribution in [3.8, 4) is 11.3 Å². The molecular weight excluding hydrogens is 414 g/mol. The van der Waals surface area contributed by atoms with E-state index in [4.69, 9.17) is 0 Å². The average Bonchev–Trinajstić information content (AvgIpc) is 3.13. The Morgan fingerprint density at radius 2 is 1.97 bits per heavy atom. The van der Waals surface area contributed by atoms with Crippen LogP contribution in [0, 0.1) is 6.92 Å². The number of aromatic nitrogens is 3. The van der Waals surface area contributed by atoms with E-state index in [0.29, 0.717) is 28.9 Å². The summed E-state index contributed by atoms with van der Waals surface area (Å²) >= 11 is 1.33. The molecule has 2 aromatic heterocycles. The first-order valence-corrected chi connectivity index (χ1v) is 10.5. The first kappa shape index (κ1) is 19.1. The van der Waals surface area contributed by atoms with E-state index in [1.54, 1.807) is 24.3 Å². The van der Waals surface area contributed by atoms with Gasteiger partial charge in [-0.1, -0.05) is 18.2 Å². The maximum Gasteiger partial charge on any atom is 0.281 e. The SMILES string of the molecule is Cc1sc(NC(=O)c2n[nH]c3ccccc3c2=O)nc1-c1ccc2c(c1)CCC(=O)N2. The van der Waals surface area contributed by atoms with Crippen molar-refractivity contribution in [3.63, 3.8) is 0 Å². The van der Waals surface area contributed by atoms with E-state index in [1.807, 2.05) is 25.1 Å². The minimum absolute atomic E-state index is 0.0207. The highest BCUT2D eigenvalue weighted by Crippen LogP contribution is 2.33. The molecule has 0 aliphatic carbocycles. The summed E-state index contributed by atoms with van der Waals surface area (Å²) in [6, 6.07) is 12.7. The first-order chi connectivity index (χ1) is 15.0. The minimum atomic E-state index is -0.611. The van der Waals surface area contributed by atoms with Gasteiger partial charge in [-0.15, -0.1) is 11.3 Å². The summed E-state index contributed by atoms with van der Waals surface area (Å²) in [5.74, 6) is -0.590. The van der Waals surface area contributed by atoms with Crippen LogP contribution in [0.15, 0.2) is 47.3 Å². The Morgan fingerprint density at radius 1 is 1.13 bits per heavy atom. The van der Waals surface area contributed by atoms with Crippen molar-refractivity contribution in [2.24, 2.45) is 0 Å². The van der Waals surface area contributed by atoms with Crippen molar-refractivity contribution in [2.45, 2.75) is 19.8 Å². The second kappa shape index (κ2) is 7.44. The standard InChI is InChI=1S/C22H17N5O3S/c1-11-18(13-6-8-15-12(10-13)7-9-17(28)23-15)24-22(31-11)25-21(30)19-20(29)14-4-2-3-5-16(14)26-27-19/h2-6,8,10H,7,9H2,1H3,(H,23,28)(H,26,29)(H,24,25,30). The lowest BCUT2D eigenvalue weighted by Crippen LogP contribution is -2.24. The highest BCUT2D eigenvalue weighted by Gasteiger charge is 2.20. The summed E-state index contributed by atoms with van der Waals surface area (Å²) in [6.07, 6.45) is 1.14. The number of hydrogen-bond acceptors (Lipinski definition) is 6. The number of nitrogens with one attached hydrogen (secondary N) is 3. The van der Waals surface area contributed by atoms with Gasteiger partial charge in [-0.25, -0.2) is 4.98 Å². The van der Waals surface area contributed by atoms with Crippen LogP contribution < -0.4 is 16.1 Å². The van der Waals surface area contributed by atoms with Crippen LogP contribution in [0.25, 0.3) is 22.2 Å². The number of thiazole rings is 1. The fourth-order valence-electron chi connectivity index (χ4n) is 3.63. The van der Waals surface area contributed by atoms with Gasteiger partial charge in [0.2, 0.25) is 11.3 Å². The predicted octanol–water partition coefficient (Wildman–Crippen LogP) is 3.49. The van der Waals surface area contributed by atoms with E-state index < -0.39 is 11.3 Å². The van der Waals surface area contributed by atoms with Crippen LogP contribution in [0.3, 0.4) is 0 Å². The molecule has 9 heteroatoms. The second-order valence-electron chi connectivity index (χ2n) is 7.24. The number of hydrogen-bond donors (Lipinski definition) is 3. The van der Waals surface area contributed by atoms with Gasteiger partial charge in [-0.05, 0) is 43.2 Å². The maximum absolute atomic E-state index is 12.7. The molecule has 0 spiro atoms. The molecule has 0 fully saturated rings. The Hall–Kier alpha value is -3.85. The number of rotatable bonds is 3. The lowest BCUT2D eigenvalue weighted by molar-refractivity contribution is -0.116. The molecule has 2 amide bonds. The highest BCUT2D eigenvalue weighted by molar-refractivity contribution is 7.16. The van der Waals surface area contributed by atoms with Crippen molar-refractivity contribution in [1.82, 2.24) is 15.2 Å². The Balaban J connectivity index is 1.43. The molecule has 31 heavy (non-hydrogen) atoms. The summed E-state index contributed by atoms with van der Waals surface area (Å²) < 4.78 is 0. The molecule has 1 aliphatic heterocycles. The molecule has 3 N–H and O–H groups in total. The van der Waals surface area contributed by atoms with Gasteiger partial charge in [0, 0.05) is 27.9 Å². The third-order valence-corrected chi connectivity index (χ3v) is 6.07.